The highest BCUT2D eigenvalue weighted by Crippen LogP contribution is 2.19. The topological polar surface area (TPSA) is 90.0 Å². The number of rotatable bonds is 5. The molecule has 148 valence electrons. The van der Waals surface area contributed by atoms with Crippen molar-refractivity contribution < 1.29 is 9.18 Å². The van der Waals surface area contributed by atoms with Gasteiger partial charge in [-0.05, 0) is 69.2 Å². The van der Waals surface area contributed by atoms with Crippen LogP contribution in [0.2, 0.25) is 0 Å². The van der Waals surface area contributed by atoms with Gasteiger partial charge in [0.25, 0.3) is 0 Å². The van der Waals surface area contributed by atoms with Crippen LogP contribution in [0.25, 0.3) is 11.5 Å². The predicted octanol–water partition coefficient (Wildman–Crippen LogP) is 2.95. The normalized spacial score (nSPS) is 11.2. The van der Waals surface area contributed by atoms with Gasteiger partial charge in [-0.25, -0.2) is 9.07 Å². The Morgan fingerprint density at radius 2 is 1.79 bits per heavy atom. The third kappa shape index (κ3) is 3.71. The molecular weight excluding hydrogens is 373 g/mol. The fourth-order valence-corrected chi connectivity index (χ4v) is 3.25. The van der Waals surface area contributed by atoms with E-state index < -0.39 is 0 Å². The quantitative estimate of drug-likeness (QED) is 0.563. The lowest BCUT2D eigenvalue weighted by atomic mass is 10.1. The molecule has 4 aromatic rings. The minimum absolute atomic E-state index is 0.136. The third-order valence-electron chi connectivity index (χ3n) is 4.79. The van der Waals surface area contributed by atoms with Gasteiger partial charge in [-0.3, -0.25) is 4.79 Å². The van der Waals surface area contributed by atoms with E-state index in [2.05, 4.69) is 25.7 Å². The number of carbonyl (C=O) groups is 1. The number of fused-ring (bicyclic) bond motifs is 1. The summed E-state index contributed by atoms with van der Waals surface area (Å²) < 4.78 is 16.4. The molecule has 3 heterocycles. The molecule has 8 nitrogen and oxygen atoms in total. The molecule has 0 atom stereocenters. The van der Waals surface area contributed by atoms with Crippen LogP contribution in [0.15, 0.2) is 36.4 Å². The largest absolute Gasteiger partial charge is 0.326 e. The third-order valence-corrected chi connectivity index (χ3v) is 4.79. The molecule has 1 amide bonds. The molecule has 0 spiro atoms. The average Bonchev–Trinajstić information content (AvgIpc) is 3.21. The van der Waals surface area contributed by atoms with E-state index in [1.165, 1.54) is 24.3 Å². The van der Waals surface area contributed by atoms with Crippen LogP contribution in [-0.2, 0) is 11.2 Å². The van der Waals surface area contributed by atoms with Gasteiger partial charge >= 0.3 is 0 Å². The molecule has 0 unspecified atom stereocenters. The molecule has 0 saturated heterocycles. The van der Waals surface area contributed by atoms with Crippen LogP contribution in [0.3, 0.4) is 0 Å². The Bertz CT molecular complexity index is 1190. The molecule has 1 aromatic carbocycles. The van der Waals surface area contributed by atoms with Crippen molar-refractivity contribution >= 4 is 17.2 Å². The first-order valence-electron chi connectivity index (χ1n) is 9.22. The Morgan fingerprint density at radius 1 is 1.03 bits per heavy atom. The molecule has 0 aliphatic heterocycles. The molecule has 0 aliphatic carbocycles. The van der Waals surface area contributed by atoms with Crippen LogP contribution < -0.4 is 5.32 Å². The van der Waals surface area contributed by atoms with Crippen molar-refractivity contribution in [1.29, 1.82) is 0 Å². The zero-order chi connectivity index (χ0) is 20.5. The molecule has 3 aromatic heterocycles. The maximum Gasteiger partial charge on any atom is 0.224 e. The number of amides is 1. The maximum absolute atomic E-state index is 13.0. The van der Waals surface area contributed by atoms with E-state index in [1.807, 2.05) is 32.9 Å². The summed E-state index contributed by atoms with van der Waals surface area (Å²) in [6.07, 6.45) is 0.834. The number of halogens is 1. The molecular formula is C20H20FN7O. The summed E-state index contributed by atoms with van der Waals surface area (Å²) in [5.74, 6) is 0.877. The van der Waals surface area contributed by atoms with Gasteiger partial charge in [0, 0.05) is 17.8 Å². The summed E-state index contributed by atoms with van der Waals surface area (Å²) in [7, 11) is 0. The fourth-order valence-electron chi connectivity index (χ4n) is 3.25. The van der Waals surface area contributed by atoms with E-state index in [0.29, 0.717) is 35.8 Å². The molecule has 0 bridgehead atoms. The summed E-state index contributed by atoms with van der Waals surface area (Å²) in [5.41, 5.74) is 4.02. The van der Waals surface area contributed by atoms with Crippen molar-refractivity contribution in [2.75, 3.05) is 5.32 Å². The van der Waals surface area contributed by atoms with E-state index in [1.54, 1.807) is 9.20 Å². The van der Waals surface area contributed by atoms with Crippen molar-refractivity contribution in [1.82, 2.24) is 29.6 Å². The summed E-state index contributed by atoms with van der Waals surface area (Å²) in [6.45, 7) is 5.71. The average molecular weight is 393 g/mol. The number of hydrogen-bond donors (Lipinski definition) is 1. The molecule has 1 N–H and O–H groups in total. The maximum atomic E-state index is 13.0. The van der Waals surface area contributed by atoms with Crippen LogP contribution in [0.4, 0.5) is 10.1 Å². The van der Waals surface area contributed by atoms with Gasteiger partial charge in [0.2, 0.25) is 5.91 Å². The van der Waals surface area contributed by atoms with Gasteiger partial charge in [0.1, 0.15) is 5.82 Å². The first kappa shape index (κ1) is 18.7. The second kappa shape index (κ2) is 7.42. The van der Waals surface area contributed by atoms with Gasteiger partial charge in [0.05, 0.1) is 5.69 Å². The summed E-state index contributed by atoms with van der Waals surface area (Å²) >= 11 is 0. The minimum atomic E-state index is -0.338. The van der Waals surface area contributed by atoms with Crippen LogP contribution in [0.5, 0.6) is 0 Å². The highest BCUT2D eigenvalue weighted by atomic mass is 19.1. The number of anilines is 1. The number of carbonyl (C=O) groups excluding carboxylic acids is 1. The number of benzene rings is 1. The molecule has 29 heavy (non-hydrogen) atoms. The number of aryl methyl sites for hydroxylation is 2. The lowest BCUT2D eigenvalue weighted by Crippen LogP contribution is -2.12. The number of nitrogens with zero attached hydrogens (tertiary/aromatic N) is 6. The Hall–Kier alpha value is -3.62. The number of hydrogen-bond acceptors (Lipinski definition) is 5. The SMILES string of the molecule is Cc1nn(-c2ccc3nnc(C)n3n2)c(C)c1CCC(=O)Nc1ccc(F)cc1. The number of nitrogens with one attached hydrogen (secondary N) is 1. The van der Waals surface area contributed by atoms with Gasteiger partial charge in [0.15, 0.2) is 17.3 Å². The van der Waals surface area contributed by atoms with Crippen molar-refractivity contribution in [2.45, 2.75) is 33.6 Å². The van der Waals surface area contributed by atoms with Gasteiger partial charge in [-0.15, -0.1) is 15.3 Å². The van der Waals surface area contributed by atoms with E-state index in [0.717, 1.165) is 17.0 Å². The Morgan fingerprint density at radius 3 is 2.55 bits per heavy atom. The van der Waals surface area contributed by atoms with E-state index in [4.69, 9.17) is 0 Å². The second-order valence-corrected chi connectivity index (χ2v) is 6.82. The van der Waals surface area contributed by atoms with Crippen molar-refractivity contribution in [3.63, 3.8) is 0 Å². The van der Waals surface area contributed by atoms with Gasteiger partial charge in [-0.1, -0.05) is 0 Å². The Balaban J connectivity index is 1.51. The summed E-state index contributed by atoms with van der Waals surface area (Å²) in [4.78, 5) is 12.3. The molecule has 9 heteroatoms. The molecule has 0 radical (unpaired) electrons. The highest BCUT2D eigenvalue weighted by molar-refractivity contribution is 5.90. The minimum Gasteiger partial charge on any atom is -0.326 e. The predicted molar refractivity (Wildman–Crippen MR) is 105 cm³/mol. The Kier molecular flexibility index (Phi) is 4.79. The first-order chi connectivity index (χ1) is 13.9. The van der Waals surface area contributed by atoms with E-state index in [9.17, 15) is 9.18 Å². The van der Waals surface area contributed by atoms with Crippen molar-refractivity contribution in [3.8, 4) is 5.82 Å². The first-order valence-corrected chi connectivity index (χ1v) is 9.22. The fraction of sp³-hybridized carbons (Fsp3) is 0.250. The van der Waals surface area contributed by atoms with Crippen molar-refractivity contribution in [2.24, 2.45) is 0 Å². The standard InChI is InChI=1S/C20H20FN7O/c1-12-17(8-11-20(29)22-16-6-4-15(21)5-7-16)13(2)27(25-12)19-10-9-18-24-23-14(3)28(18)26-19/h4-7,9-10H,8,11H2,1-3H3,(H,22,29). The van der Waals surface area contributed by atoms with Crippen LogP contribution >= 0.6 is 0 Å². The van der Waals surface area contributed by atoms with Crippen LogP contribution in [0, 0.1) is 26.6 Å². The van der Waals surface area contributed by atoms with Crippen LogP contribution in [0.1, 0.15) is 29.2 Å². The number of aromatic nitrogens is 6. The van der Waals surface area contributed by atoms with E-state index >= 15 is 0 Å². The summed E-state index contributed by atoms with van der Waals surface area (Å²) in [6, 6.07) is 9.39. The van der Waals surface area contributed by atoms with Crippen LogP contribution in [-0.4, -0.2) is 35.5 Å². The smallest absolute Gasteiger partial charge is 0.224 e. The molecule has 0 saturated carbocycles. The van der Waals surface area contributed by atoms with Gasteiger partial charge in [-0.2, -0.15) is 9.61 Å². The highest BCUT2D eigenvalue weighted by Gasteiger charge is 2.16. The monoisotopic (exact) mass is 393 g/mol. The van der Waals surface area contributed by atoms with E-state index in [-0.39, 0.29) is 11.7 Å². The zero-order valence-electron chi connectivity index (χ0n) is 16.3. The summed E-state index contributed by atoms with van der Waals surface area (Å²) in [5, 5.41) is 20.0. The lowest BCUT2D eigenvalue weighted by molar-refractivity contribution is -0.116. The Labute approximate surface area is 166 Å². The van der Waals surface area contributed by atoms with Crippen molar-refractivity contribution in [3.05, 3.63) is 65.0 Å². The lowest BCUT2D eigenvalue weighted by Gasteiger charge is -2.07. The second-order valence-electron chi connectivity index (χ2n) is 6.82. The molecule has 4 rings (SSSR count). The zero-order valence-corrected chi connectivity index (χ0v) is 16.3. The molecule has 0 fully saturated rings. The van der Waals surface area contributed by atoms with Gasteiger partial charge < -0.3 is 5.32 Å². The molecule has 0 aliphatic rings.